The van der Waals surface area contributed by atoms with E-state index in [1.165, 1.54) is 0 Å². The zero-order chi connectivity index (χ0) is 14.9. The number of primary amides is 1. The first-order chi connectivity index (χ1) is 9.40. The molecule has 7 heteroatoms. The quantitative estimate of drug-likeness (QED) is 0.812. The number of imidazole rings is 1. The molecule has 1 atom stereocenters. The lowest BCUT2D eigenvalue weighted by Crippen LogP contribution is -2.41. The zero-order valence-electron chi connectivity index (χ0n) is 12.3. The summed E-state index contributed by atoms with van der Waals surface area (Å²) < 4.78 is 1.64. The van der Waals surface area contributed by atoms with Crippen molar-refractivity contribution >= 4 is 23.1 Å². The Morgan fingerprint density at radius 2 is 2.25 bits per heavy atom. The number of fused-ring (bicyclic) bond motifs is 1. The zero-order valence-corrected chi connectivity index (χ0v) is 12.3. The van der Waals surface area contributed by atoms with Crippen molar-refractivity contribution in [1.82, 2.24) is 9.66 Å². The summed E-state index contributed by atoms with van der Waals surface area (Å²) in [6, 6.07) is 0. The Hall–Kier alpha value is -2.18. The smallest absolute Gasteiger partial charge is 0.269 e. The monoisotopic (exact) mass is 276 g/mol. The lowest BCUT2D eigenvalue weighted by atomic mass is 10.1. The van der Waals surface area contributed by atoms with Crippen LogP contribution in [0.15, 0.2) is 16.4 Å². The van der Waals surface area contributed by atoms with E-state index in [2.05, 4.69) is 20.4 Å². The Labute approximate surface area is 118 Å². The molecule has 0 radical (unpaired) electrons. The van der Waals surface area contributed by atoms with Crippen LogP contribution < -0.4 is 11.1 Å². The molecule has 1 unspecified atom stereocenters. The van der Waals surface area contributed by atoms with Gasteiger partial charge in [-0.3, -0.25) is 4.79 Å². The fraction of sp³-hybridized carbons (Fsp3) is 0.538. The first kappa shape index (κ1) is 14.2. The molecule has 2 heterocycles. The molecule has 1 aliphatic heterocycles. The molecule has 2 rings (SSSR count). The first-order valence-corrected chi connectivity index (χ1v) is 6.70. The van der Waals surface area contributed by atoms with E-state index in [9.17, 15) is 4.79 Å². The second kappa shape index (κ2) is 5.07. The molecule has 0 saturated carbocycles. The van der Waals surface area contributed by atoms with E-state index in [4.69, 9.17) is 5.73 Å². The van der Waals surface area contributed by atoms with Crippen molar-refractivity contribution in [2.75, 3.05) is 5.32 Å². The fourth-order valence-corrected chi connectivity index (χ4v) is 1.88. The van der Waals surface area contributed by atoms with Crippen molar-refractivity contribution in [2.45, 2.75) is 46.2 Å². The third kappa shape index (κ3) is 2.43. The standard InChI is InChI=1S/C13H20N6O/c1-5-8(3)18-19-7-15-10-9(11(14)20)16-13(4,6-2)17-12(10)19/h7,17H,5-6H2,1-4H3,(H2,14,20)/b18-8+. The van der Waals surface area contributed by atoms with E-state index in [0.717, 1.165) is 12.1 Å². The topological polar surface area (TPSA) is 97.7 Å². The maximum Gasteiger partial charge on any atom is 0.269 e. The number of aromatic nitrogens is 2. The molecule has 108 valence electrons. The minimum atomic E-state index is -0.579. The molecule has 1 aliphatic rings. The third-order valence-electron chi connectivity index (χ3n) is 3.43. The van der Waals surface area contributed by atoms with Crippen LogP contribution in [0.4, 0.5) is 5.82 Å². The van der Waals surface area contributed by atoms with Gasteiger partial charge in [0.25, 0.3) is 5.91 Å². The van der Waals surface area contributed by atoms with E-state index in [-0.39, 0.29) is 5.71 Å². The van der Waals surface area contributed by atoms with Crippen LogP contribution in [-0.4, -0.2) is 32.7 Å². The fourth-order valence-electron chi connectivity index (χ4n) is 1.88. The summed E-state index contributed by atoms with van der Waals surface area (Å²) in [6.45, 7) is 7.87. The molecular formula is C13H20N6O. The molecule has 0 spiro atoms. The number of hydrogen-bond acceptors (Lipinski definition) is 5. The van der Waals surface area contributed by atoms with Crippen LogP contribution in [0.25, 0.3) is 0 Å². The van der Waals surface area contributed by atoms with Gasteiger partial charge in [0, 0.05) is 5.71 Å². The van der Waals surface area contributed by atoms with Gasteiger partial charge in [-0.25, -0.2) is 14.7 Å². The number of aliphatic imine (C=N–C) groups is 1. The summed E-state index contributed by atoms with van der Waals surface area (Å²) in [4.78, 5) is 20.2. The number of carbonyl (C=O) groups excluding carboxylic acids is 1. The van der Waals surface area contributed by atoms with Crippen LogP contribution in [0.1, 0.15) is 46.2 Å². The summed E-state index contributed by atoms with van der Waals surface area (Å²) >= 11 is 0. The normalized spacial score (nSPS) is 22.0. The average Bonchev–Trinajstić information content (AvgIpc) is 2.80. The molecule has 1 amide bonds. The molecule has 20 heavy (non-hydrogen) atoms. The van der Waals surface area contributed by atoms with Gasteiger partial charge in [0.2, 0.25) is 0 Å². The number of hydrogen-bond donors (Lipinski definition) is 2. The van der Waals surface area contributed by atoms with Gasteiger partial charge in [-0.1, -0.05) is 13.8 Å². The van der Waals surface area contributed by atoms with Gasteiger partial charge in [-0.05, 0) is 26.7 Å². The average molecular weight is 276 g/mol. The summed E-state index contributed by atoms with van der Waals surface area (Å²) in [7, 11) is 0. The maximum atomic E-state index is 11.6. The highest BCUT2D eigenvalue weighted by molar-refractivity contribution is 6.45. The Morgan fingerprint density at radius 1 is 1.55 bits per heavy atom. The molecule has 1 aromatic rings. The van der Waals surface area contributed by atoms with Crippen LogP contribution in [-0.2, 0) is 4.79 Å². The van der Waals surface area contributed by atoms with Gasteiger partial charge in [0.05, 0.1) is 0 Å². The van der Waals surface area contributed by atoms with Crippen molar-refractivity contribution in [1.29, 1.82) is 0 Å². The molecule has 1 aromatic heterocycles. The van der Waals surface area contributed by atoms with Gasteiger partial charge in [0.15, 0.2) is 11.5 Å². The second-order valence-electron chi connectivity index (χ2n) is 5.05. The number of carbonyl (C=O) groups is 1. The highest BCUT2D eigenvalue weighted by atomic mass is 16.1. The van der Waals surface area contributed by atoms with Gasteiger partial charge in [-0.2, -0.15) is 5.10 Å². The van der Waals surface area contributed by atoms with E-state index < -0.39 is 11.6 Å². The lowest BCUT2D eigenvalue weighted by molar-refractivity contribution is -0.112. The minimum Gasteiger partial charge on any atom is -0.364 e. The van der Waals surface area contributed by atoms with E-state index in [1.54, 1.807) is 11.0 Å². The number of nitrogens with zero attached hydrogens (tertiary/aromatic N) is 4. The van der Waals surface area contributed by atoms with E-state index >= 15 is 0 Å². The number of rotatable bonds is 4. The van der Waals surface area contributed by atoms with Crippen molar-refractivity contribution in [2.24, 2.45) is 15.8 Å². The molecular weight excluding hydrogens is 256 g/mol. The number of anilines is 1. The van der Waals surface area contributed by atoms with Crippen molar-refractivity contribution < 1.29 is 4.79 Å². The minimum absolute atomic E-state index is 0.200. The third-order valence-corrected chi connectivity index (χ3v) is 3.43. The Kier molecular flexibility index (Phi) is 3.61. The molecule has 0 aliphatic carbocycles. The first-order valence-electron chi connectivity index (χ1n) is 6.70. The molecule has 7 nitrogen and oxygen atoms in total. The maximum absolute atomic E-state index is 11.6. The van der Waals surface area contributed by atoms with Gasteiger partial charge < -0.3 is 11.1 Å². The number of nitrogens with two attached hydrogens (primary N) is 1. The molecule has 0 bridgehead atoms. The highest BCUT2D eigenvalue weighted by Crippen LogP contribution is 2.29. The largest absolute Gasteiger partial charge is 0.364 e. The highest BCUT2D eigenvalue weighted by Gasteiger charge is 2.34. The van der Waals surface area contributed by atoms with Crippen LogP contribution in [0.3, 0.4) is 0 Å². The summed E-state index contributed by atoms with van der Waals surface area (Å²) in [6.07, 6.45) is 3.12. The number of nitrogens with one attached hydrogen (secondary N) is 1. The molecule has 0 saturated heterocycles. The SMILES string of the molecule is CC/C(C)=N/n1cnc2c1NC(C)(CC)N=C2C(N)=O. The molecule has 3 N–H and O–H groups in total. The van der Waals surface area contributed by atoms with Crippen LogP contribution in [0.2, 0.25) is 0 Å². The van der Waals surface area contributed by atoms with Crippen LogP contribution in [0.5, 0.6) is 0 Å². The van der Waals surface area contributed by atoms with Gasteiger partial charge >= 0.3 is 0 Å². The Morgan fingerprint density at radius 3 is 2.80 bits per heavy atom. The van der Waals surface area contributed by atoms with Crippen LogP contribution in [0, 0.1) is 0 Å². The lowest BCUT2D eigenvalue weighted by Gasteiger charge is -2.31. The molecule has 0 aromatic carbocycles. The number of amides is 1. The summed E-state index contributed by atoms with van der Waals surface area (Å²) in [5, 5.41) is 7.73. The van der Waals surface area contributed by atoms with E-state index in [1.807, 2.05) is 27.7 Å². The predicted molar refractivity (Wildman–Crippen MR) is 79.1 cm³/mol. The van der Waals surface area contributed by atoms with Crippen LogP contribution >= 0.6 is 0 Å². The summed E-state index contributed by atoms with van der Waals surface area (Å²) in [5.74, 6) is 0.0832. The Balaban J connectivity index is 2.55. The summed E-state index contributed by atoms with van der Waals surface area (Å²) in [5.41, 5.74) is 6.45. The second-order valence-corrected chi connectivity index (χ2v) is 5.05. The molecule has 0 fully saturated rings. The van der Waals surface area contributed by atoms with Crippen molar-refractivity contribution in [3.63, 3.8) is 0 Å². The van der Waals surface area contributed by atoms with Crippen molar-refractivity contribution in [3.05, 3.63) is 12.0 Å². The van der Waals surface area contributed by atoms with Gasteiger partial charge in [0.1, 0.15) is 17.7 Å². The van der Waals surface area contributed by atoms with Crippen molar-refractivity contribution in [3.8, 4) is 0 Å². The van der Waals surface area contributed by atoms with Gasteiger partial charge in [-0.15, -0.1) is 0 Å². The van der Waals surface area contributed by atoms with E-state index in [0.29, 0.717) is 17.9 Å². The predicted octanol–water partition coefficient (Wildman–Crippen LogP) is 1.34. The Bertz CT molecular complexity index is 600.